The van der Waals surface area contributed by atoms with Crippen LogP contribution in [0.2, 0.25) is 0 Å². The standard InChI is InChI=1S/C18H22N2O2/c1-14-17(10-13-22-14)18(21)20-12-5-3-7-16(20)9-8-15-6-2-4-11-19-15/h2,4,6,10-11,13,16H,3,5,7-9,12H2,1H3/t16-/m0/s1. The average Bonchev–Trinajstić information content (AvgIpc) is 2.99. The first kappa shape index (κ1) is 14.8. The van der Waals surface area contributed by atoms with Crippen LogP contribution in [0.1, 0.15) is 47.5 Å². The highest BCUT2D eigenvalue weighted by molar-refractivity contribution is 5.95. The molecule has 0 aromatic carbocycles. The minimum absolute atomic E-state index is 0.108. The van der Waals surface area contributed by atoms with Gasteiger partial charge in [-0.3, -0.25) is 9.78 Å². The van der Waals surface area contributed by atoms with Gasteiger partial charge >= 0.3 is 0 Å². The third kappa shape index (κ3) is 3.21. The average molecular weight is 298 g/mol. The Morgan fingerprint density at radius 3 is 3.00 bits per heavy atom. The summed E-state index contributed by atoms with van der Waals surface area (Å²) in [4.78, 5) is 19.2. The lowest BCUT2D eigenvalue weighted by Crippen LogP contribution is -2.44. The van der Waals surface area contributed by atoms with E-state index in [2.05, 4.69) is 11.1 Å². The minimum atomic E-state index is 0.108. The molecular formula is C18H22N2O2. The smallest absolute Gasteiger partial charge is 0.257 e. The second-order valence-corrected chi connectivity index (χ2v) is 5.90. The molecule has 1 atom stereocenters. The molecule has 4 nitrogen and oxygen atoms in total. The van der Waals surface area contributed by atoms with Crippen molar-refractivity contribution in [3.63, 3.8) is 0 Å². The van der Waals surface area contributed by atoms with E-state index in [0.717, 1.165) is 37.9 Å². The SMILES string of the molecule is Cc1occc1C(=O)N1CCCC[C@H]1CCc1ccccn1. The fourth-order valence-corrected chi connectivity index (χ4v) is 3.19. The molecular weight excluding hydrogens is 276 g/mol. The fourth-order valence-electron chi connectivity index (χ4n) is 3.19. The summed E-state index contributed by atoms with van der Waals surface area (Å²) >= 11 is 0. The molecule has 1 aliphatic heterocycles. The Morgan fingerprint density at radius 1 is 1.36 bits per heavy atom. The highest BCUT2D eigenvalue weighted by Crippen LogP contribution is 2.24. The molecule has 1 amide bonds. The van der Waals surface area contributed by atoms with Crippen LogP contribution in [-0.4, -0.2) is 28.4 Å². The van der Waals surface area contributed by atoms with Crippen molar-refractivity contribution in [2.75, 3.05) is 6.54 Å². The van der Waals surface area contributed by atoms with Gasteiger partial charge < -0.3 is 9.32 Å². The zero-order chi connectivity index (χ0) is 15.4. The number of carbonyl (C=O) groups is 1. The summed E-state index contributed by atoms with van der Waals surface area (Å²) in [7, 11) is 0. The summed E-state index contributed by atoms with van der Waals surface area (Å²) in [6.07, 6.45) is 8.67. The van der Waals surface area contributed by atoms with E-state index in [-0.39, 0.29) is 5.91 Å². The van der Waals surface area contributed by atoms with E-state index in [1.165, 1.54) is 6.42 Å². The van der Waals surface area contributed by atoms with Crippen LogP contribution in [0.3, 0.4) is 0 Å². The molecule has 0 unspecified atom stereocenters. The molecule has 116 valence electrons. The van der Waals surface area contributed by atoms with E-state index in [9.17, 15) is 4.79 Å². The normalized spacial score (nSPS) is 18.4. The number of aryl methyl sites for hydroxylation is 2. The molecule has 0 spiro atoms. The molecule has 22 heavy (non-hydrogen) atoms. The van der Waals surface area contributed by atoms with Crippen molar-refractivity contribution in [1.82, 2.24) is 9.88 Å². The Balaban J connectivity index is 1.69. The van der Waals surface area contributed by atoms with E-state index in [1.54, 1.807) is 12.3 Å². The highest BCUT2D eigenvalue weighted by Gasteiger charge is 2.28. The first-order valence-corrected chi connectivity index (χ1v) is 8.00. The molecule has 0 aliphatic carbocycles. The van der Waals surface area contributed by atoms with Gasteiger partial charge in [0.05, 0.1) is 11.8 Å². The number of hydrogen-bond donors (Lipinski definition) is 0. The number of nitrogens with zero attached hydrogens (tertiary/aromatic N) is 2. The molecule has 2 aromatic heterocycles. The second kappa shape index (κ2) is 6.77. The number of furan rings is 1. The van der Waals surface area contributed by atoms with Crippen LogP contribution in [0.15, 0.2) is 41.1 Å². The molecule has 1 fully saturated rings. The Bertz CT molecular complexity index is 621. The van der Waals surface area contributed by atoms with Gasteiger partial charge in [0.1, 0.15) is 5.76 Å². The number of aromatic nitrogens is 1. The van der Waals surface area contributed by atoms with Crippen molar-refractivity contribution in [3.8, 4) is 0 Å². The molecule has 0 bridgehead atoms. The predicted octanol–water partition coefficient (Wildman–Crippen LogP) is 3.61. The maximum atomic E-state index is 12.8. The topological polar surface area (TPSA) is 46.3 Å². The molecule has 0 N–H and O–H groups in total. The second-order valence-electron chi connectivity index (χ2n) is 5.90. The van der Waals surface area contributed by atoms with Crippen molar-refractivity contribution in [2.24, 2.45) is 0 Å². The monoisotopic (exact) mass is 298 g/mol. The zero-order valence-electron chi connectivity index (χ0n) is 13.0. The van der Waals surface area contributed by atoms with Gasteiger partial charge in [-0.15, -0.1) is 0 Å². The molecule has 0 saturated carbocycles. The Morgan fingerprint density at radius 2 is 2.27 bits per heavy atom. The highest BCUT2D eigenvalue weighted by atomic mass is 16.3. The van der Waals surface area contributed by atoms with Crippen LogP contribution < -0.4 is 0 Å². The fraction of sp³-hybridized carbons (Fsp3) is 0.444. The van der Waals surface area contributed by atoms with Crippen molar-refractivity contribution < 1.29 is 9.21 Å². The maximum absolute atomic E-state index is 12.8. The van der Waals surface area contributed by atoms with Crippen molar-refractivity contribution >= 4 is 5.91 Å². The quantitative estimate of drug-likeness (QED) is 0.866. The van der Waals surface area contributed by atoms with Crippen LogP contribution in [-0.2, 0) is 6.42 Å². The summed E-state index contributed by atoms with van der Waals surface area (Å²) in [5, 5.41) is 0. The molecule has 3 heterocycles. The number of piperidine rings is 1. The minimum Gasteiger partial charge on any atom is -0.469 e. The summed E-state index contributed by atoms with van der Waals surface area (Å²) in [6, 6.07) is 8.08. The number of pyridine rings is 1. The van der Waals surface area contributed by atoms with Gasteiger partial charge in [0.15, 0.2) is 0 Å². The van der Waals surface area contributed by atoms with Crippen LogP contribution >= 0.6 is 0 Å². The number of carbonyl (C=O) groups excluding carboxylic acids is 1. The molecule has 2 aromatic rings. The summed E-state index contributed by atoms with van der Waals surface area (Å²) in [5.74, 6) is 0.816. The number of amides is 1. The van der Waals surface area contributed by atoms with Crippen LogP contribution in [0.25, 0.3) is 0 Å². The zero-order valence-corrected chi connectivity index (χ0v) is 13.0. The van der Waals surface area contributed by atoms with E-state index < -0.39 is 0 Å². The number of rotatable bonds is 4. The molecule has 4 heteroatoms. The Labute approximate surface area is 131 Å². The van der Waals surface area contributed by atoms with Gasteiger partial charge in [0.2, 0.25) is 0 Å². The lowest BCUT2D eigenvalue weighted by molar-refractivity contribution is 0.0600. The summed E-state index contributed by atoms with van der Waals surface area (Å²) in [5.41, 5.74) is 1.80. The Kier molecular flexibility index (Phi) is 4.56. The molecule has 1 aliphatic rings. The van der Waals surface area contributed by atoms with Crippen molar-refractivity contribution in [1.29, 1.82) is 0 Å². The van der Waals surface area contributed by atoms with Crippen molar-refractivity contribution in [3.05, 3.63) is 53.7 Å². The van der Waals surface area contributed by atoms with Crippen LogP contribution in [0.4, 0.5) is 0 Å². The largest absolute Gasteiger partial charge is 0.469 e. The van der Waals surface area contributed by atoms with E-state index >= 15 is 0 Å². The third-order valence-electron chi connectivity index (χ3n) is 4.44. The predicted molar refractivity (Wildman–Crippen MR) is 84.7 cm³/mol. The van der Waals surface area contributed by atoms with Gasteiger partial charge in [0.25, 0.3) is 5.91 Å². The first-order valence-electron chi connectivity index (χ1n) is 8.00. The summed E-state index contributed by atoms with van der Waals surface area (Å²) < 4.78 is 5.28. The van der Waals surface area contributed by atoms with Gasteiger partial charge in [-0.2, -0.15) is 0 Å². The van der Waals surface area contributed by atoms with Crippen molar-refractivity contribution in [2.45, 2.75) is 45.1 Å². The maximum Gasteiger partial charge on any atom is 0.257 e. The lowest BCUT2D eigenvalue weighted by atomic mass is 9.96. The van der Waals surface area contributed by atoms with E-state index in [1.807, 2.05) is 30.2 Å². The van der Waals surface area contributed by atoms with Gasteiger partial charge in [-0.05, 0) is 57.2 Å². The molecule has 0 radical (unpaired) electrons. The molecule has 3 rings (SSSR count). The van der Waals surface area contributed by atoms with Gasteiger partial charge in [0, 0.05) is 24.5 Å². The number of likely N-dealkylation sites (tertiary alicyclic amines) is 1. The lowest BCUT2D eigenvalue weighted by Gasteiger charge is -2.35. The molecule has 1 saturated heterocycles. The third-order valence-corrected chi connectivity index (χ3v) is 4.44. The number of hydrogen-bond acceptors (Lipinski definition) is 3. The van der Waals surface area contributed by atoms with Crippen LogP contribution in [0.5, 0.6) is 0 Å². The first-order chi connectivity index (χ1) is 10.8. The summed E-state index contributed by atoms with van der Waals surface area (Å²) in [6.45, 7) is 2.69. The Hall–Kier alpha value is -2.10. The van der Waals surface area contributed by atoms with E-state index in [0.29, 0.717) is 17.4 Å². The van der Waals surface area contributed by atoms with E-state index in [4.69, 9.17) is 4.42 Å². The van der Waals surface area contributed by atoms with Gasteiger partial charge in [-0.25, -0.2) is 0 Å². The van der Waals surface area contributed by atoms with Gasteiger partial charge in [-0.1, -0.05) is 6.07 Å². The van der Waals surface area contributed by atoms with Crippen LogP contribution in [0, 0.1) is 6.92 Å².